The molecule has 0 amide bonds. The van der Waals surface area contributed by atoms with Crippen LogP contribution in [-0.4, -0.2) is 107 Å². The number of nitrogens with one attached hydrogen (secondary N) is 3. The third kappa shape index (κ3) is 7.83. The Morgan fingerprint density at radius 3 is 2.55 bits per heavy atom. The van der Waals surface area contributed by atoms with Gasteiger partial charge in [0.05, 0.1) is 40.6 Å². The van der Waals surface area contributed by atoms with Crippen LogP contribution in [0, 0.1) is 18.7 Å². The SMILES string of the molecule is C=CN(Cc1cc(N2CC(CN3CCN(C4CCN(c5ccc(Nc6nc(N7SN8CCc9cccc7c98)c7cc[nH]c7n6)cc5F)CC4)CC3)C2)ccc1C)C1CCC(=C)NC1=C. The Morgan fingerprint density at radius 1 is 0.906 bits per heavy atom. The first-order valence-corrected chi connectivity index (χ1v) is 23.8. The summed E-state index contributed by atoms with van der Waals surface area (Å²) >= 11 is 1.67. The number of halogens is 1. The highest BCUT2D eigenvalue weighted by atomic mass is 32.2. The molecule has 1 atom stereocenters. The lowest BCUT2D eigenvalue weighted by Gasteiger charge is -2.46. The molecule has 4 saturated heterocycles. The van der Waals surface area contributed by atoms with E-state index in [1.54, 1.807) is 18.2 Å². The summed E-state index contributed by atoms with van der Waals surface area (Å²) in [6.45, 7) is 26.1. The third-order valence-corrected chi connectivity index (χ3v) is 15.6. The Balaban J connectivity index is 0.646. The summed E-state index contributed by atoms with van der Waals surface area (Å²) in [6, 6.07) is 21.6. The van der Waals surface area contributed by atoms with Crippen molar-refractivity contribution in [3.8, 4) is 0 Å². The Kier molecular flexibility index (Phi) is 10.9. The fraction of sp³-hybridized carbons (Fsp3) is 0.400. The van der Waals surface area contributed by atoms with Crippen LogP contribution in [-0.2, 0) is 13.0 Å². The van der Waals surface area contributed by atoms with Gasteiger partial charge in [-0.2, -0.15) is 9.97 Å². The minimum Gasteiger partial charge on any atom is -0.371 e. The number of allylic oxidation sites excluding steroid dienone is 1. The molecule has 64 heavy (non-hydrogen) atoms. The van der Waals surface area contributed by atoms with Crippen molar-refractivity contribution in [2.75, 3.05) is 89.2 Å². The number of anilines is 7. The number of aromatic amines is 1. The second kappa shape index (κ2) is 17.0. The number of benzene rings is 3. The van der Waals surface area contributed by atoms with Gasteiger partial charge in [0, 0.05) is 113 Å². The number of aryl methyl sites for hydroxylation is 1. The molecule has 3 aromatic carbocycles. The summed E-state index contributed by atoms with van der Waals surface area (Å²) in [5, 5.41) is 7.62. The van der Waals surface area contributed by atoms with Crippen LogP contribution in [0.25, 0.3) is 11.0 Å². The first kappa shape index (κ1) is 41.0. The Hall–Kier alpha value is -5.70. The molecule has 0 spiro atoms. The van der Waals surface area contributed by atoms with Crippen molar-refractivity contribution in [2.45, 2.75) is 57.7 Å². The minimum absolute atomic E-state index is 0.224. The minimum atomic E-state index is -0.226. The molecule has 12 nitrogen and oxygen atoms in total. The van der Waals surface area contributed by atoms with Crippen molar-refractivity contribution in [2.24, 2.45) is 5.92 Å². The maximum Gasteiger partial charge on any atom is 0.231 e. The smallest absolute Gasteiger partial charge is 0.231 e. The maximum absolute atomic E-state index is 15.9. The number of piperazine rings is 1. The number of rotatable bonds is 12. The van der Waals surface area contributed by atoms with E-state index in [4.69, 9.17) is 9.97 Å². The quantitative estimate of drug-likeness (QED) is 0.105. The summed E-state index contributed by atoms with van der Waals surface area (Å²) in [6.07, 6.45) is 8.97. The first-order chi connectivity index (χ1) is 31.2. The van der Waals surface area contributed by atoms with Gasteiger partial charge >= 0.3 is 0 Å². The number of fused-ring (bicyclic) bond motifs is 1. The highest BCUT2D eigenvalue weighted by Crippen LogP contribution is 2.54. The molecule has 2 aromatic heterocycles. The molecule has 332 valence electrons. The highest BCUT2D eigenvalue weighted by Gasteiger charge is 2.37. The summed E-state index contributed by atoms with van der Waals surface area (Å²) in [7, 11) is 0. The Labute approximate surface area is 380 Å². The summed E-state index contributed by atoms with van der Waals surface area (Å²) in [4.78, 5) is 25.4. The second-order valence-electron chi connectivity index (χ2n) is 18.5. The van der Waals surface area contributed by atoms with Crippen LogP contribution in [0.3, 0.4) is 0 Å². The van der Waals surface area contributed by atoms with Gasteiger partial charge in [0.1, 0.15) is 11.5 Å². The van der Waals surface area contributed by atoms with Crippen molar-refractivity contribution in [3.63, 3.8) is 0 Å². The van der Waals surface area contributed by atoms with E-state index in [0.29, 0.717) is 29.3 Å². The number of piperidine rings is 2. The molecule has 4 fully saturated rings. The number of nitrogens with zero attached hydrogens (tertiary/aromatic N) is 9. The summed E-state index contributed by atoms with van der Waals surface area (Å²) in [5.41, 5.74) is 11.8. The van der Waals surface area contributed by atoms with E-state index in [9.17, 15) is 0 Å². The molecule has 1 unspecified atom stereocenters. The van der Waals surface area contributed by atoms with Crippen LogP contribution in [0.1, 0.15) is 42.4 Å². The number of hydrogen-bond acceptors (Lipinski definition) is 12. The van der Waals surface area contributed by atoms with Crippen molar-refractivity contribution >= 4 is 63.4 Å². The van der Waals surface area contributed by atoms with Crippen LogP contribution in [0.15, 0.2) is 104 Å². The zero-order valence-electron chi connectivity index (χ0n) is 36.9. The standard InChI is InChI=1S/C50H59FN12S/c1-5-58(44-13-10-34(3)53-35(44)4)32-38-27-41(12-9-33(38)2)61-30-36(31-61)29-57-23-25-59(26-24-57)40-17-20-60(21-18-40)45-14-11-39(28-43(45)51)54-50-55-48-42(15-19-52-48)49(56-50)63-46-8-6-7-37-16-22-62(64-63)47(37)46/h5-9,11-12,14-15,19,27-28,36,40,44,53H,1,3-4,10,13,16-18,20-26,29-32H2,2H3,(H2,52,54,55,56). The molecule has 3 N–H and O–H groups in total. The molecule has 14 heteroatoms. The molecule has 0 bridgehead atoms. The first-order valence-electron chi connectivity index (χ1n) is 23.1. The number of H-pyrrole nitrogens is 1. The fourth-order valence-electron chi connectivity index (χ4n) is 10.8. The topological polar surface area (TPSA) is 88.3 Å². The summed E-state index contributed by atoms with van der Waals surface area (Å²) < 4.78 is 20.4. The highest BCUT2D eigenvalue weighted by molar-refractivity contribution is 8.02. The zero-order valence-corrected chi connectivity index (χ0v) is 37.7. The normalized spacial score (nSPS) is 20.8. The predicted octanol–water partition coefficient (Wildman–Crippen LogP) is 8.67. The lowest BCUT2D eigenvalue weighted by atomic mass is 9.96. The van der Waals surface area contributed by atoms with Gasteiger partial charge in [-0.3, -0.25) is 9.21 Å². The van der Waals surface area contributed by atoms with Gasteiger partial charge in [-0.15, -0.1) is 0 Å². The molecule has 0 radical (unpaired) electrons. The zero-order chi connectivity index (χ0) is 43.5. The van der Waals surface area contributed by atoms with Crippen molar-refractivity contribution in [1.82, 2.24) is 35.0 Å². The van der Waals surface area contributed by atoms with Crippen molar-refractivity contribution < 1.29 is 4.39 Å². The Bertz CT molecular complexity index is 2590. The van der Waals surface area contributed by atoms with E-state index in [1.807, 2.05) is 30.6 Å². The van der Waals surface area contributed by atoms with Gasteiger partial charge < -0.3 is 35.2 Å². The van der Waals surface area contributed by atoms with Crippen molar-refractivity contribution in [1.29, 1.82) is 0 Å². The predicted molar refractivity (Wildman–Crippen MR) is 261 cm³/mol. The van der Waals surface area contributed by atoms with Gasteiger partial charge in [-0.05, 0) is 104 Å². The second-order valence-corrected chi connectivity index (χ2v) is 19.5. The van der Waals surface area contributed by atoms with E-state index in [1.165, 1.54) is 28.1 Å². The lowest BCUT2D eigenvalue weighted by molar-refractivity contribution is 0.0730. The third-order valence-electron chi connectivity index (χ3n) is 14.5. The van der Waals surface area contributed by atoms with Gasteiger partial charge in [-0.25, -0.2) is 8.70 Å². The van der Waals surface area contributed by atoms with E-state index in [0.717, 1.165) is 138 Å². The number of hydrogen-bond donors (Lipinski definition) is 3. The van der Waals surface area contributed by atoms with Gasteiger partial charge in [0.2, 0.25) is 5.95 Å². The van der Waals surface area contributed by atoms with E-state index in [-0.39, 0.29) is 11.9 Å². The van der Waals surface area contributed by atoms with Gasteiger partial charge in [0.15, 0.2) is 5.82 Å². The largest absolute Gasteiger partial charge is 0.371 e. The van der Waals surface area contributed by atoms with Crippen molar-refractivity contribution in [3.05, 3.63) is 127 Å². The number of aromatic nitrogens is 3. The van der Waals surface area contributed by atoms with E-state index in [2.05, 4.69) is 112 Å². The van der Waals surface area contributed by atoms with Crippen LogP contribution in [0.4, 0.5) is 44.6 Å². The van der Waals surface area contributed by atoms with E-state index < -0.39 is 0 Å². The molecular weight excluding hydrogens is 820 g/mol. The Morgan fingerprint density at radius 2 is 1.75 bits per heavy atom. The average molecular weight is 879 g/mol. The number of para-hydroxylation sites is 1. The van der Waals surface area contributed by atoms with Gasteiger partial charge in [-0.1, -0.05) is 37.9 Å². The monoisotopic (exact) mass is 878 g/mol. The molecule has 6 aliphatic heterocycles. The van der Waals surface area contributed by atoms with Gasteiger partial charge in [0.25, 0.3) is 0 Å². The average Bonchev–Trinajstić information content (AvgIpc) is 4.04. The molecule has 11 rings (SSSR count). The van der Waals surface area contributed by atoms with Crippen LogP contribution < -0.4 is 29.0 Å². The molecular formula is C50H59FN12S. The molecule has 5 aromatic rings. The van der Waals surface area contributed by atoms with E-state index >= 15 is 4.39 Å². The van der Waals surface area contributed by atoms with Crippen LogP contribution >= 0.6 is 12.1 Å². The fourth-order valence-corrected chi connectivity index (χ4v) is 12.0. The van der Waals surface area contributed by atoms with Crippen LogP contribution in [0.2, 0.25) is 0 Å². The molecule has 8 heterocycles. The molecule has 0 saturated carbocycles. The molecule has 0 aliphatic carbocycles. The summed E-state index contributed by atoms with van der Waals surface area (Å²) in [5.74, 6) is 1.70. The lowest BCUT2D eigenvalue weighted by Crippen LogP contribution is -2.57. The maximum atomic E-state index is 15.9. The van der Waals surface area contributed by atoms with Crippen LogP contribution in [0.5, 0.6) is 0 Å². The molecule has 6 aliphatic rings.